The number of anilines is 1. The summed E-state index contributed by atoms with van der Waals surface area (Å²) in [5.74, 6) is 0. The van der Waals surface area contributed by atoms with Crippen molar-refractivity contribution in [1.82, 2.24) is 5.32 Å². The number of benzene rings is 1. The van der Waals surface area contributed by atoms with Gasteiger partial charge >= 0.3 is 0 Å². The summed E-state index contributed by atoms with van der Waals surface area (Å²) in [5.41, 5.74) is 9.49. The van der Waals surface area contributed by atoms with Gasteiger partial charge in [0.25, 0.3) is 0 Å². The number of nitrogen functional groups attached to an aromatic ring is 1. The molecule has 2 nitrogen and oxygen atoms in total. The molecule has 1 aliphatic heterocycles. The van der Waals surface area contributed by atoms with Crippen molar-refractivity contribution in [2.45, 2.75) is 25.8 Å². The van der Waals surface area contributed by atoms with Gasteiger partial charge in [-0.2, -0.15) is 0 Å². The molecule has 1 aromatic rings. The van der Waals surface area contributed by atoms with E-state index >= 15 is 0 Å². The molecule has 0 amide bonds. The zero-order valence-electron chi connectivity index (χ0n) is 8.63. The maximum atomic E-state index is 5.75. The summed E-state index contributed by atoms with van der Waals surface area (Å²) < 4.78 is 0. The number of hydrogen-bond donors (Lipinski definition) is 2. The number of halogens is 1. The third kappa shape index (κ3) is 1.86. The second-order valence-corrected chi connectivity index (χ2v) is 4.22. The highest BCUT2D eigenvalue weighted by Crippen LogP contribution is 2.28. The monoisotopic (exact) mass is 212 g/mol. The van der Waals surface area contributed by atoms with Crippen molar-refractivity contribution in [3.8, 4) is 0 Å². The van der Waals surface area contributed by atoms with Crippen molar-refractivity contribution in [3.63, 3.8) is 0 Å². The van der Waals surface area contributed by atoms with E-state index in [1.54, 1.807) is 0 Å². The molecule has 78 valence electrons. The van der Waals surface area contributed by atoms with Gasteiger partial charge in [0.1, 0.15) is 0 Å². The SMILES string of the molecule is CC1(C)NCCc2cc(N)ccc21.Cl. The molecule has 1 aliphatic rings. The van der Waals surface area contributed by atoms with Crippen LogP contribution in [-0.4, -0.2) is 6.54 Å². The molecule has 1 heterocycles. The van der Waals surface area contributed by atoms with Crippen molar-refractivity contribution < 1.29 is 0 Å². The number of fused-ring (bicyclic) bond motifs is 1. The van der Waals surface area contributed by atoms with Gasteiger partial charge in [0.15, 0.2) is 0 Å². The quantitative estimate of drug-likeness (QED) is 0.647. The Bertz CT molecular complexity index is 334. The number of nitrogens with two attached hydrogens (primary N) is 1. The zero-order valence-corrected chi connectivity index (χ0v) is 9.45. The highest BCUT2D eigenvalue weighted by Gasteiger charge is 2.26. The molecule has 3 heteroatoms. The molecule has 14 heavy (non-hydrogen) atoms. The minimum absolute atomic E-state index is 0. The molecule has 0 spiro atoms. The molecule has 0 radical (unpaired) electrons. The number of hydrogen-bond acceptors (Lipinski definition) is 2. The normalized spacial score (nSPS) is 18.1. The Morgan fingerprint density at radius 3 is 2.79 bits per heavy atom. The van der Waals surface area contributed by atoms with Gasteiger partial charge in [-0.15, -0.1) is 12.4 Å². The van der Waals surface area contributed by atoms with Crippen LogP contribution >= 0.6 is 12.4 Å². The lowest BCUT2D eigenvalue weighted by molar-refractivity contribution is 0.382. The van der Waals surface area contributed by atoms with E-state index in [2.05, 4.69) is 31.3 Å². The van der Waals surface area contributed by atoms with E-state index in [1.807, 2.05) is 6.07 Å². The van der Waals surface area contributed by atoms with E-state index in [0.717, 1.165) is 18.7 Å². The van der Waals surface area contributed by atoms with Crippen molar-refractivity contribution in [2.24, 2.45) is 0 Å². The fourth-order valence-corrected chi connectivity index (χ4v) is 2.04. The fourth-order valence-electron chi connectivity index (χ4n) is 2.04. The highest BCUT2D eigenvalue weighted by atomic mass is 35.5. The van der Waals surface area contributed by atoms with Crippen LogP contribution in [0.1, 0.15) is 25.0 Å². The summed E-state index contributed by atoms with van der Waals surface area (Å²) in [6, 6.07) is 6.21. The molecular formula is C11H17ClN2. The highest BCUT2D eigenvalue weighted by molar-refractivity contribution is 5.85. The fraction of sp³-hybridized carbons (Fsp3) is 0.455. The van der Waals surface area contributed by atoms with Crippen LogP contribution in [0.5, 0.6) is 0 Å². The molecular weight excluding hydrogens is 196 g/mol. The molecule has 0 saturated carbocycles. The molecule has 0 bridgehead atoms. The lowest BCUT2D eigenvalue weighted by Crippen LogP contribution is -2.42. The molecule has 0 saturated heterocycles. The van der Waals surface area contributed by atoms with Crippen LogP contribution in [0.3, 0.4) is 0 Å². The second-order valence-electron chi connectivity index (χ2n) is 4.22. The third-order valence-corrected chi connectivity index (χ3v) is 2.76. The first-order chi connectivity index (χ1) is 6.09. The van der Waals surface area contributed by atoms with E-state index in [1.165, 1.54) is 11.1 Å². The van der Waals surface area contributed by atoms with Crippen LogP contribution in [0.25, 0.3) is 0 Å². The molecule has 0 aliphatic carbocycles. The standard InChI is InChI=1S/C11H16N2.ClH/c1-11(2)10-4-3-9(12)7-8(10)5-6-13-11;/h3-4,7,13H,5-6,12H2,1-2H3;1H. The summed E-state index contributed by atoms with van der Waals surface area (Å²) in [5, 5.41) is 3.49. The van der Waals surface area contributed by atoms with Crippen molar-refractivity contribution >= 4 is 18.1 Å². The predicted octanol–water partition coefficient (Wildman–Crippen LogP) is 2.07. The van der Waals surface area contributed by atoms with Crippen LogP contribution in [0, 0.1) is 0 Å². The van der Waals surface area contributed by atoms with Crippen molar-refractivity contribution in [1.29, 1.82) is 0 Å². The summed E-state index contributed by atoms with van der Waals surface area (Å²) in [6.45, 7) is 5.46. The predicted molar refractivity (Wildman–Crippen MR) is 62.8 cm³/mol. The van der Waals surface area contributed by atoms with Crippen LogP contribution in [0.4, 0.5) is 5.69 Å². The Balaban J connectivity index is 0.000000980. The lowest BCUT2D eigenvalue weighted by atomic mass is 9.85. The minimum atomic E-state index is 0. The van der Waals surface area contributed by atoms with Gasteiger partial charge in [0, 0.05) is 11.2 Å². The van der Waals surface area contributed by atoms with E-state index in [-0.39, 0.29) is 17.9 Å². The molecule has 0 atom stereocenters. The van der Waals surface area contributed by atoms with Crippen molar-refractivity contribution in [3.05, 3.63) is 29.3 Å². The van der Waals surface area contributed by atoms with Gasteiger partial charge in [0.2, 0.25) is 0 Å². The van der Waals surface area contributed by atoms with E-state index in [4.69, 9.17) is 5.73 Å². The zero-order chi connectivity index (χ0) is 9.47. The van der Waals surface area contributed by atoms with Gasteiger partial charge in [-0.1, -0.05) is 6.07 Å². The smallest absolute Gasteiger partial charge is 0.0380 e. The Labute approximate surface area is 91.3 Å². The van der Waals surface area contributed by atoms with Gasteiger partial charge in [-0.05, 0) is 50.1 Å². The Morgan fingerprint density at radius 1 is 1.36 bits per heavy atom. The maximum Gasteiger partial charge on any atom is 0.0380 e. The topological polar surface area (TPSA) is 38.0 Å². The number of rotatable bonds is 0. The first kappa shape index (κ1) is 11.3. The molecule has 2 rings (SSSR count). The summed E-state index contributed by atoms with van der Waals surface area (Å²) >= 11 is 0. The van der Waals surface area contributed by atoms with Crippen LogP contribution in [0.15, 0.2) is 18.2 Å². The second kappa shape index (κ2) is 3.79. The van der Waals surface area contributed by atoms with Gasteiger partial charge in [-0.25, -0.2) is 0 Å². The van der Waals surface area contributed by atoms with E-state index in [0.29, 0.717) is 0 Å². The van der Waals surface area contributed by atoms with E-state index in [9.17, 15) is 0 Å². The number of nitrogens with one attached hydrogen (secondary N) is 1. The Morgan fingerprint density at radius 2 is 2.07 bits per heavy atom. The lowest BCUT2D eigenvalue weighted by Gasteiger charge is -2.34. The van der Waals surface area contributed by atoms with Gasteiger partial charge < -0.3 is 11.1 Å². The summed E-state index contributed by atoms with van der Waals surface area (Å²) in [6.07, 6.45) is 1.09. The van der Waals surface area contributed by atoms with Crippen LogP contribution in [-0.2, 0) is 12.0 Å². The maximum absolute atomic E-state index is 5.75. The molecule has 0 aromatic heterocycles. The first-order valence-corrected chi connectivity index (χ1v) is 4.73. The molecule has 0 fully saturated rings. The van der Waals surface area contributed by atoms with Crippen LogP contribution in [0.2, 0.25) is 0 Å². The van der Waals surface area contributed by atoms with Crippen LogP contribution < -0.4 is 11.1 Å². The first-order valence-electron chi connectivity index (χ1n) is 4.73. The molecule has 0 unspecified atom stereocenters. The molecule has 1 aromatic carbocycles. The van der Waals surface area contributed by atoms with E-state index < -0.39 is 0 Å². The Hall–Kier alpha value is -0.730. The Kier molecular flexibility index (Phi) is 3.07. The average molecular weight is 213 g/mol. The van der Waals surface area contributed by atoms with Gasteiger partial charge in [0.05, 0.1) is 0 Å². The van der Waals surface area contributed by atoms with Gasteiger partial charge in [-0.3, -0.25) is 0 Å². The minimum Gasteiger partial charge on any atom is -0.399 e. The average Bonchev–Trinajstić information content (AvgIpc) is 2.02. The van der Waals surface area contributed by atoms with Crippen molar-refractivity contribution in [2.75, 3.05) is 12.3 Å². The third-order valence-electron chi connectivity index (χ3n) is 2.76. The molecule has 3 N–H and O–H groups in total. The largest absolute Gasteiger partial charge is 0.399 e. The summed E-state index contributed by atoms with van der Waals surface area (Å²) in [7, 11) is 0. The summed E-state index contributed by atoms with van der Waals surface area (Å²) in [4.78, 5) is 0.